The number of carbonyl (C=O) groups excluding carboxylic acids is 1. The standard InChI is InChI=1S/C18H27NO2/c1-4-7-15-8-10-16(11-9-15)13-17(19-12-5-2)14-18(20)21-6-3/h5,8-11,17,19H,2,4,6-7,12-14H2,1,3H3. The molecule has 1 unspecified atom stereocenters. The van der Waals surface area contributed by atoms with Crippen LogP contribution in [-0.4, -0.2) is 25.2 Å². The first-order valence-corrected chi connectivity index (χ1v) is 7.77. The SMILES string of the molecule is C=CCNC(CC(=O)OCC)Cc1ccc(CCC)cc1. The normalized spacial score (nSPS) is 11.9. The van der Waals surface area contributed by atoms with Crippen LogP contribution in [0.5, 0.6) is 0 Å². The van der Waals surface area contributed by atoms with E-state index >= 15 is 0 Å². The van der Waals surface area contributed by atoms with E-state index in [1.165, 1.54) is 11.1 Å². The lowest BCUT2D eigenvalue weighted by atomic mass is 10.0. The maximum atomic E-state index is 11.7. The van der Waals surface area contributed by atoms with Crippen LogP contribution in [0.25, 0.3) is 0 Å². The summed E-state index contributed by atoms with van der Waals surface area (Å²) in [4.78, 5) is 11.7. The minimum Gasteiger partial charge on any atom is -0.466 e. The van der Waals surface area contributed by atoms with Crippen molar-refractivity contribution in [1.82, 2.24) is 5.32 Å². The Morgan fingerprint density at radius 3 is 2.52 bits per heavy atom. The van der Waals surface area contributed by atoms with E-state index in [9.17, 15) is 4.79 Å². The molecule has 3 nitrogen and oxygen atoms in total. The summed E-state index contributed by atoms with van der Waals surface area (Å²) in [7, 11) is 0. The third-order valence-corrected chi connectivity index (χ3v) is 3.31. The third-order valence-electron chi connectivity index (χ3n) is 3.31. The van der Waals surface area contributed by atoms with Gasteiger partial charge in [-0.15, -0.1) is 6.58 Å². The third kappa shape index (κ3) is 7.09. The van der Waals surface area contributed by atoms with Crippen molar-refractivity contribution < 1.29 is 9.53 Å². The molecule has 3 heteroatoms. The molecule has 0 aliphatic heterocycles. The van der Waals surface area contributed by atoms with Gasteiger partial charge in [-0.25, -0.2) is 0 Å². The van der Waals surface area contributed by atoms with Crippen LogP contribution < -0.4 is 5.32 Å². The molecule has 0 heterocycles. The number of carbonyl (C=O) groups is 1. The number of benzene rings is 1. The van der Waals surface area contributed by atoms with Gasteiger partial charge in [0.1, 0.15) is 0 Å². The number of hydrogen-bond donors (Lipinski definition) is 1. The van der Waals surface area contributed by atoms with Crippen LogP contribution in [0.2, 0.25) is 0 Å². The van der Waals surface area contributed by atoms with Gasteiger partial charge < -0.3 is 10.1 Å². The van der Waals surface area contributed by atoms with Crippen molar-refractivity contribution in [3.63, 3.8) is 0 Å². The molecule has 0 amide bonds. The van der Waals surface area contributed by atoms with Gasteiger partial charge in [-0.1, -0.05) is 43.7 Å². The first kappa shape index (κ1) is 17.4. The molecule has 1 aromatic rings. The average Bonchev–Trinajstić information content (AvgIpc) is 2.47. The molecule has 0 aliphatic carbocycles. The molecule has 0 fully saturated rings. The molecular weight excluding hydrogens is 262 g/mol. The highest BCUT2D eigenvalue weighted by atomic mass is 16.5. The molecular formula is C18H27NO2. The minimum absolute atomic E-state index is 0.0825. The molecule has 0 radical (unpaired) electrons. The Morgan fingerprint density at radius 2 is 1.95 bits per heavy atom. The Balaban J connectivity index is 2.61. The van der Waals surface area contributed by atoms with Crippen molar-refractivity contribution in [2.24, 2.45) is 0 Å². The fraction of sp³-hybridized carbons (Fsp3) is 0.500. The number of hydrogen-bond acceptors (Lipinski definition) is 3. The van der Waals surface area contributed by atoms with Gasteiger partial charge in [-0.2, -0.15) is 0 Å². The number of esters is 1. The van der Waals surface area contributed by atoms with Gasteiger partial charge in [-0.3, -0.25) is 4.79 Å². The summed E-state index contributed by atoms with van der Waals surface area (Å²) in [5, 5.41) is 3.33. The Bertz CT molecular complexity index is 425. The molecule has 116 valence electrons. The van der Waals surface area contributed by atoms with E-state index < -0.39 is 0 Å². The molecule has 1 aromatic carbocycles. The number of rotatable bonds is 10. The second-order valence-electron chi connectivity index (χ2n) is 5.17. The summed E-state index contributed by atoms with van der Waals surface area (Å²) in [5.74, 6) is -0.151. The molecule has 1 atom stereocenters. The monoisotopic (exact) mass is 289 g/mol. The first-order valence-electron chi connectivity index (χ1n) is 7.77. The van der Waals surface area contributed by atoms with Crippen LogP contribution in [0, 0.1) is 0 Å². The highest BCUT2D eigenvalue weighted by Crippen LogP contribution is 2.10. The molecule has 0 spiro atoms. The fourth-order valence-electron chi connectivity index (χ4n) is 2.30. The average molecular weight is 289 g/mol. The maximum absolute atomic E-state index is 11.7. The van der Waals surface area contributed by atoms with Crippen LogP contribution in [0.4, 0.5) is 0 Å². The molecule has 0 saturated heterocycles. The lowest BCUT2D eigenvalue weighted by Gasteiger charge is -2.17. The van der Waals surface area contributed by atoms with Gasteiger partial charge >= 0.3 is 5.97 Å². The highest BCUT2D eigenvalue weighted by molar-refractivity contribution is 5.70. The zero-order valence-corrected chi connectivity index (χ0v) is 13.2. The van der Waals surface area contributed by atoms with Crippen molar-refractivity contribution in [1.29, 1.82) is 0 Å². The maximum Gasteiger partial charge on any atom is 0.307 e. The Hall–Kier alpha value is -1.61. The Labute approximate surface area is 128 Å². The summed E-state index contributed by atoms with van der Waals surface area (Å²) in [6, 6.07) is 8.73. The van der Waals surface area contributed by atoms with Crippen LogP contribution >= 0.6 is 0 Å². The van der Waals surface area contributed by atoms with Crippen molar-refractivity contribution in [2.45, 2.75) is 45.6 Å². The summed E-state index contributed by atoms with van der Waals surface area (Å²) >= 11 is 0. The smallest absolute Gasteiger partial charge is 0.307 e. The second-order valence-corrected chi connectivity index (χ2v) is 5.17. The van der Waals surface area contributed by atoms with Crippen molar-refractivity contribution >= 4 is 5.97 Å². The van der Waals surface area contributed by atoms with Crippen molar-refractivity contribution in [3.8, 4) is 0 Å². The zero-order valence-electron chi connectivity index (χ0n) is 13.2. The van der Waals surface area contributed by atoms with Crippen LogP contribution in [0.1, 0.15) is 37.8 Å². The Kier molecular flexibility index (Phi) is 8.44. The second kappa shape index (κ2) is 10.2. The molecule has 0 aliphatic rings. The van der Waals surface area contributed by atoms with Gasteiger partial charge in [0.05, 0.1) is 13.0 Å². The van der Waals surface area contributed by atoms with Crippen molar-refractivity contribution in [3.05, 3.63) is 48.0 Å². The Morgan fingerprint density at radius 1 is 1.29 bits per heavy atom. The van der Waals surface area contributed by atoms with Crippen LogP contribution in [0.15, 0.2) is 36.9 Å². The quantitative estimate of drug-likeness (QED) is 0.530. The predicted octanol–water partition coefficient (Wildman–Crippen LogP) is 3.28. The minimum atomic E-state index is -0.151. The summed E-state index contributed by atoms with van der Waals surface area (Å²) in [6.07, 6.45) is 5.28. The fourth-order valence-corrected chi connectivity index (χ4v) is 2.30. The number of nitrogens with one attached hydrogen (secondary N) is 1. The van der Waals surface area contributed by atoms with E-state index in [4.69, 9.17) is 4.74 Å². The van der Waals surface area contributed by atoms with E-state index in [1.807, 2.05) is 13.0 Å². The number of ether oxygens (including phenoxy) is 1. The molecule has 1 N–H and O–H groups in total. The summed E-state index contributed by atoms with van der Waals surface area (Å²) < 4.78 is 5.04. The van der Waals surface area contributed by atoms with Crippen LogP contribution in [0.3, 0.4) is 0 Å². The van der Waals surface area contributed by atoms with Gasteiger partial charge in [0.15, 0.2) is 0 Å². The van der Waals surface area contributed by atoms with Gasteiger partial charge in [-0.05, 0) is 30.9 Å². The lowest BCUT2D eigenvalue weighted by Crippen LogP contribution is -2.34. The summed E-state index contributed by atoms with van der Waals surface area (Å²) in [5.41, 5.74) is 2.60. The zero-order chi connectivity index (χ0) is 15.5. The molecule has 21 heavy (non-hydrogen) atoms. The predicted molar refractivity (Wildman–Crippen MR) is 87.4 cm³/mol. The molecule has 0 saturated carbocycles. The molecule has 0 aromatic heterocycles. The highest BCUT2D eigenvalue weighted by Gasteiger charge is 2.14. The van der Waals surface area contributed by atoms with Crippen molar-refractivity contribution in [2.75, 3.05) is 13.2 Å². The van der Waals surface area contributed by atoms with Gasteiger partial charge in [0.25, 0.3) is 0 Å². The lowest BCUT2D eigenvalue weighted by molar-refractivity contribution is -0.143. The van der Waals surface area contributed by atoms with E-state index in [-0.39, 0.29) is 12.0 Å². The number of aryl methyl sites for hydroxylation is 1. The van der Waals surface area contributed by atoms with E-state index in [0.717, 1.165) is 19.3 Å². The molecule has 0 bridgehead atoms. The largest absolute Gasteiger partial charge is 0.466 e. The van der Waals surface area contributed by atoms with E-state index in [0.29, 0.717) is 19.6 Å². The van der Waals surface area contributed by atoms with Gasteiger partial charge in [0, 0.05) is 12.6 Å². The molecule has 1 rings (SSSR count). The van der Waals surface area contributed by atoms with E-state index in [1.54, 1.807) is 0 Å². The van der Waals surface area contributed by atoms with Gasteiger partial charge in [0.2, 0.25) is 0 Å². The van der Waals surface area contributed by atoms with E-state index in [2.05, 4.69) is 43.1 Å². The van der Waals surface area contributed by atoms with Crippen LogP contribution in [-0.2, 0) is 22.4 Å². The topological polar surface area (TPSA) is 38.3 Å². The summed E-state index contributed by atoms with van der Waals surface area (Å²) in [6.45, 7) is 8.84. The first-order chi connectivity index (χ1) is 10.2.